The van der Waals surface area contributed by atoms with E-state index in [0.29, 0.717) is 23.7 Å². The Balaban J connectivity index is 1.56. The highest BCUT2D eigenvalue weighted by Gasteiger charge is 2.34. The van der Waals surface area contributed by atoms with Gasteiger partial charge >= 0.3 is 0 Å². The van der Waals surface area contributed by atoms with E-state index in [1.54, 1.807) is 23.9 Å². The van der Waals surface area contributed by atoms with Crippen LogP contribution in [0.4, 0.5) is 5.69 Å². The van der Waals surface area contributed by atoms with Gasteiger partial charge in [-0.15, -0.1) is 0 Å². The third-order valence-electron chi connectivity index (χ3n) is 4.44. The maximum atomic E-state index is 12.5. The zero-order valence-electron chi connectivity index (χ0n) is 16.2. The van der Waals surface area contributed by atoms with Crippen molar-refractivity contribution in [3.8, 4) is 5.75 Å². The van der Waals surface area contributed by atoms with Gasteiger partial charge in [0.15, 0.2) is 6.10 Å². The summed E-state index contributed by atoms with van der Waals surface area (Å²) >= 11 is 7.80. The van der Waals surface area contributed by atoms with Crippen LogP contribution in [0, 0.1) is 6.92 Å². The highest BCUT2D eigenvalue weighted by Crippen LogP contribution is 2.35. The molecule has 9 heteroatoms. The molecule has 1 aliphatic rings. The van der Waals surface area contributed by atoms with Gasteiger partial charge in [-0.1, -0.05) is 35.9 Å². The van der Waals surface area contributed by atoms with Crippen LogP contribution in [0.2, 0.25) is 5.02 Å². The van der Waals surface area contributed by atoms with E-state index in [4.69, 9.17) is 16.3 Å². The van der Waals surface area contributed by atoms with Gasteiger partial charge in [0.2, 0.25) is 10.0 Å². The smallest absolute Gasteiger partial charge is 0.263 e. The average Bonchev–Trinajstić information content (AvgIpc) is 2.67. The Labute approximate surface area is 180 Å². The summed E-state index contributed by atoms with van der Waals surface area (Å²) in [6.45, 7) is 2.28. The predicted molar refractivity (Wildman–Crippen MR) is 118 cm³/mol. The Hall–Kier alpha value is -1.90. The Kier molecular flexibility index (Phi) is 6.97. The van der Waals surface area contributed by atoms with Gasteiger partial charge in [0, 0.05) is 23.1 Å². The minimum atomic E-state index is -3.53. The summed E-state index contributed by atoms with van der Waals surface area (Å²) in [6.07, 6.45) is 0.235. The molecule has 1 N–H and O–H groups in total. The third kappa shape index (κ3) is 5.58. The van der Waals surface area contributed by atoms with Gasteiger partial charge in [-0.2, -0.15) is 11.8 Å². The van der Waals surface area contributed by atoms with Crippen LogP contribution >= 0.6 is 23.4 Å². The first-order valence-corrected chi connectivity index (χ1v) is 12.5. The summed E-state index contributed by atoms with van der Waals surface area (Å²) < 4.78 is 31.4. The highest BCUT2D eigenvalue weighted by atomic mass is 35.5. The second-order valence-corrected chi connectivity index (χ2v) is 10.2. The van der Waals surface area contributed by atoms with E-state index < -0.39 is 16.1 Å². The van der Waals surface area contributed by atoms with E-state index in [-0.39, 0.29) is 12.5 Å². The van der Waals surface area contributed by atoms with Crippen LogP contribution in [0.25, 0.3) is 0 Å². The van der Waals surface area contributed by atoms with Crippen LogP contribution < -0.4 is 14.4 Å². The lowest BCUT2D eigenvalue weighted by molar-refractivity contribution is -0.127. The molecule has 3 rings (SSSR count). The van der Waals surface area contributed by atoms with E-state index in [0.717, 1.165) is 28.2 Å². The average molecular weight is 455 g/mol. The van der Waals surface area contributed by atoms with Gasteiger partial charge in [-0.25, -0.2) is 8.42 Å². The van der Waals surface area contributed by atoms with Gasteiger partial charge in [-0.3, -0.25) is 9.10 Å². The molecule has 2 aromatic rings. The monoisotopic (exact) mass is 454 g/mol. The molecular weight excluding hydrogens is 432 g/mol. The fraction of sp³-hybridized carbons (Fsp3) is 0.350. The third-order valence-corrected chi connectivity index (χ3v) is 6.96. The second kappa shape index (κ2) is 9.28. The van der Waals surface area contributed by atoms with Crippen molar-refractivity contribution < 1.29 is 17.9 Å². The number of thioether (sulfide) groups is 1. The highest BCUT2D eigenvalue weighted by molar-refractivity contribution is 7.98. The Morgan fingerprint density at radius 2 is 2.07 bits per heavy atom. The molecule has 1 unspecified atom stereocenters. The lowest BCUT2D eigenvalue weighted by Crippen LogP contribution is -2.50. The van der Waals surface area contributed by atoms with Crippen LogP contribution in [-0.2, 0) is 20.6 Å². The Morgan fingerprint density at radius 3 is 2.79 bits per heavy atom. The molecule has 0 aromatic heterocycles. The fourth-order valence-electron chi connectivity index (χ4n) is 2.97. The van der Waals surface area contributed by atoms with Gasteiger partial charge in [-0.05, 0) is 36.2 Å². The van der Waals surface area contributed by atoms with E-state index >= 15 is 0 Å². The molecule has 2 aromatic carbocycles. The van der Waals surface area contributed by atoms with Crippen molar-refractivity contribution in [2.45, 2.75) is 18.8 Å². The molecule has 29 heavy (non-hydrogen) atoms. The molecular formula is C20H23ClN2O4S2. The summed E-state index contributed by atoms with van der Waals surface area (Å²) in [6, 6.07) is 12.9. The van der Waals surface area contributed by atoms with Crippen molar-refractivity contribution in [1.82, 2.24) is 5.32 Å². The van der Waals surface area contributed by atoms with E-state index in [2.05, 4.69) is 5.32 Å². The van der Waals surface area contributed by atoms with Gasteiger partial charge < -0.3 is 10.1 Å². The van der Waals surface area contributed by atoms with Crippen LogP contribution in [0.5, 0.6) is 5.75 Å². The first kappa shape index (κ1) is 21.8. The fourth-order valence-corrected chi connectivity index (χ4v) is 5.02. The zero-order chi connectivity index (χ0) is 21.0. The normalized spacial score (nSPS) is 16.1. The number of rotatable bonds is 7. The number of hydrogen-bond donors (Lipinski definition) is 1. The number of carbonyl (C=O) groups is 1. The van der Waals surface area contributed by atoms with Crippen LogP contribution in [0.3, 0.4) is 0 Å². The minimum absolute atomic E-state index is 0.0477. The first-order chi connectivity index (χ1) is 13.8. The van der Waals surface area contributed by atoms with Gasteiger partial charge in [0.05, 0.1) is 18.5 Å². The number of sulfonamides is 1. The summed E-state index contributed by atoms with van der Waals surface area (Å²) in [5.74, 6) is 1.52. The molecule has 1 amide bonds. The molecule has 1 atom stereocenters. The van der Waals surface area contributed by atoms with Crippen molar-refractivity contribution in [3.05, 3.63) is 58.6 Å². The maximum Gasteiger partial charge on any atom is 0.263 e. The first-order valence-electron chi connectivity index (χ1n) is 9.09. The molecule has 0 bridgehead atoms. The lowest BCUT2D eigenvalue weighted by Gasteiger charge is -2.34. The predicted octanol–water partition coefficient (Wildman–Crippen LogP) is 3.23. The number of halogens is 1. The van der Waals surface area contributed by atoms with E-state index in [1.807, 2.05) is 37.3 Å². The van der Waals surface area contributed by atoms with E-state index in [1.165, 1.54) is 4.31 Å². The van der Waals surface area contributed by atoms with Gasteiger partial charge in [0.1, 0.15) is 5.75 Å². The van der Waals surface area contributed by atoms with Crippen molar-refractivity contribution in [2.24, 2.45) is 0 Å². The molecule has 1 aliphatic heterocycles. The molecule has 0 radical (unpaired) electrons. The number of hydrogen-bond acceptors (Lipinski definition) is 5. The number of carbonyl (C=O) groups excluding carboxylic acids is 1. The molecule has 1 heterocycles. The zero-order valence-corrected chi connectivity index (χ0v) is 18.6. The summed E-state index contributed by atoms with van der Waals surface area (Å²) in [4.78, 5) is 12.5. The summed E-state index contributed by atoms with van der Waals surface area (Å²) in [5, 5.41) is 3.56. The lowest BCUT2D eigenvalue weighted by atomic mass is 10.1. The van der Waals surface area contributed by atoms with E-state index in [9.17, 15) is 13.2 Å². The quantitative estimate of drug-likeness (QED) is 0.650. The minimum Gasteiger partial charge on any atom is -0.476 e. The molecule has 0 aliphatic carbocycles. The van der Waals surface area contributed by atoms with Crippen molar-refractivity contribution >= 4 is 45.0 Å². The number of anilines is 1. The topological polar surface area (TPSA) is 75.7 Å². The molecule has 0 saturated carbocycles. The number of nitrogens with zero attached hydrogens (tertiary/aromatic N) is 1. The summed E-state index contributed by atoms with van der Waals surface area (Å²) in [7, 11) is -3.53. The van der Waals surface area contributed by atoms with Crippen molar-refractivity contribution in [2.75, 3.05) is 29.4 Å². The van der Waals surface area contributed by atoms with Crippen LogP contribution in [-0.4, -0.2) is 45.5 Å². The van der Waals surface area contributed by atoms with Crippen molar-refractivity contribution in [3.63, 3.8) is 0 Å². The second-order valence-electron chi connectivity index (χ2n) is 6.81. The molecule has 0 fully saturated rings. The number of amides is 1. The maximum absolute atomic E-state index is 12.5. The Morgan fingerprint density at radius 1 is 1.31 bits per heavy atom. The molecule has 6 nitrogen and oxygen atoms in total. The largest absolute Gasteiger partial charge is 0.476 e. The summed E-state index contributed by atoms with van der Waals surface area (Å²) in [5.41, 5.74) is 2.43. The number of ether oxygens (including phenoxy) is 1. The number of fused-ring (bicyclic) bond motifs is 1. The van der Waals surface area contributed by atoms with Crippen LogP contribution in [0.15, 0.2) is 42.5 Å². The van der Waals surface area contributed by atoms with Gasteiger partial charge in [0.25, 0.3) is 5.91 Å². The number of nitrogens with one attached hydrogen (secondary N) is 1. The Bertz CT molecular complexity index is 998. The molecule has 156 valence electrons. The van der Waals surface area contributed by atoms with Crippen molar-refractivity contribution in [1.29, 1.82) is 0 Å². The molecule has 0 spiro atoms. The van der Waals surface area contributed by atoms with Crippen LogP contribution in [0.1, 0.15) is 11.1 Å². The number of benzene rings is 2. The standard InChI is InChI=1S/C20H23ClN2O4S2/c1-14-7-8-18-17(11-14)23(29(2,25)26)12-19(27-18)20(24)22-9-10-28-13-15-5-3-4-6-16(15)21/h3-8,11,19H,9-10,12-13H2,1-2H3,(H,22,24). The SMILES string of the molecule is Cc1ccc2c(c1)N(S(C)(=O)=O)CC(C(=O)NCCSCc1ccccc1Cl)O2. The molecule has 0 saturated heterocycles. The number of aryl methyl sites for hydroxylation is 1.